The Labute approximate surface area is 79.6 Å². The first-order chi connectivity index (χ1) is 6.33. The van der Waals surface area contributed by atoms with E-state index in [1.165, 1.54) is 32.1 Å². The number of hydrogen-bond donors (Lipinski definition) is 1. The number of hydrogen-bond acceptors (Lipinski definition) is 3. The fourth-order valence-corrected chi connectivity index (χ4v) is 1.87. The molecule has 0 aromatic carbocycles. The van der Waals surface area contributed by atoms with Gasteiger partial charge in [0, 0.05) is 0 Å². The fourth-order valence-electron chi connectivity index (χ4n) is 1.87. The Morgan fingerprint density at radius 1 is 1.31 bits per heavy atom. The van der Waals surface area contributed by atoms with E-state index in [-0.39, 0.29) is 12.5 Å². The highest BCUT2D eigenvalue weighted by atomic mass is 16.5. The topological polar surface area (TPSA) is 52.3 Å². The lowest BCUT2D eigenvalue weighted by molar-refractivity contribution is -0.142. The summed E-state index contributed by atoms with van der Waals surface area (Å²) in [7, 11) is 0. The van der Waals surface area contributed by atoms with Gasteiger partial charge in [-0.2, -0.15) is 0 Å². The molecule has 0 heterocycles. The molecule has 3 heteroatoms. The first kappa shape index (κ1) is 10.5. The normalized spacial score (nSPS) is 18.5. The van der Waals surface area contributed by atoms with Gasteiger partial charge in [-0.3, -0.25) is 4.79 Å². The summed E-state index contributed by atoms with van der Waals surface area (Å²) in [5, 5.41) is 0. The zero-order valence-corrected chi connectivity index (χ0v) is 8.13. The van der Waals surface area contributed by atoms with Crippen LogP contribution in [0.15, 0.2) is 0 Å². The molecule has 0 aliphatic heterocycles. The summed E-state index contributed by atoms with van der Waals surface area (Å²) in [6.07, 6.45) is 7.69. The summed E-state index contributed by atoms with van der Waals surface area (Å²) in [5.41, 5.74) is 5.12. The van der Waals surface area contributed by atoms with Gasteiger partial charge in [-0.15, -0.1) is 0 Å². The Bertz CT molecular complexity index is 153. The number of carbonyl (C=O) groups is 1. The molecule has 0 radical (unpaired) electrons. The highest BCUT2D eigenvalue weighted by molar-refractivity contribution is 5.71. The highest BCUT2D eigenvalue weighted by Crippen LogP contribution is 2.25. The molecule has 0 saturated heterocycles. The predicted molar refractivity (Wildman–Crippen MR) is 51.2 cm³/mol. The maximum absolute atomic E-state index is 10.7. The molecule has 0 unspecified atom stereocenters. The van der Waals surface area contributed by atoms with Gasteiger partial charge < -0.3 is 10.5 Å². The lowest BCUT2D eigenvalue weighted by atomic mass is 9.87. The van der Waals surface area contributed by atoms with Crippen LogP contribution in [0.5, 0.6) is 0 Å². The van der Waals surface area contributed by atoms with Crippen LogP contribution in [0.2, 0.25) is 0 Å². The molecular weight excluding hydrogens is 166 g/mol. The van der Waals surface area contributed by atoms with E-state index in [0.717, 1.165) is 12.3 Å². The van der Waals surface area contributed by atoms with Gasteiger partial charge in [-0.1, -0.05) is 32.1 Å². The quantitative estimate of drug-likeness (QED) is 0.674. The van der Waals surface area contributed by atoms with E-state index in [9.17, 15) is 4.79 Å². The van der Waals surface area contributed by atoms with Crippen molar-refractivity contribution in [3.05, 3.63) is 0 Å². The van der Waals surface area contributed by atoms with Crippen LogP contribution in [-0.4, -0.2) is 19.1 Å². The Hall–Kier alpha value is -0.570. The van der Waals surface area contributed by atoms with Crippen molar-refractivity contribution in [1.29, 1.82) is 0 Å². The molecule has 2 N–H and O–H groups in total. The number of carbonyl (C=O) groups excluding carboxylic acids is 1. The molecule has 0 aromatic rings. The maximum Gasteiger partial charge on any atom is 0.319 e. The monoisotopic (exact) mass is 185 g/mol. The molecule has 0 spiro atoms. The van der Waals surface area contributed by atoms with Gasteiger partial charge >= 0.3 is 5.97 Å². The maximum atomic E-state index is 10.7. The standard InChI is InChI=1S/C10H19NO2/c11-8-10(12)13-7-6-9-4-2-1-3-5-9/h9H,1-8,11H2. The number of ether oxygens (including phenoxy) is 1. The van der Waals surface area contributed by atoms with Crippen LogP contribution in [0.4, 0.5) is 0 Å². The minimum atomic E-state index is -0.282. The third-order valence-corrected chi connectivity index (χ3v) is 2.68. The van der Waals surface area contributed by atoms with Crippen LogP contribution in [0, 0.1) is 5.92 Å². The molecule has 1 fully saturated rings. The van der Waals surface area contributed by atoms with Crippen molar-refractivity contribution in [2.24, 2.45) is 11.7 Å². The number of nitrogens with two attached hydrogens (primary N) is 1. The molecule has 0 aromatic heterocycles. The summed E-state index contributed by atoms with van der Waals surface area (Å²) in [4.78, 5) is 10.7. The Kier molecular flexibility index (Phi) is 4.83. The summed E-state index contributed by atoms with van der Waals surface area (Å²) < 4.78 is 4.93. The van der Waals surface area contributed by atoms with Crippen LogP contribution in [0.25, 0.3) is 0 Å². The lowest BCUT2D eigenvalue weighted by Gasteiger charge is -2.20. The minimum absolute atomic E-state index is 0.00463. The summed E-state index contributed by atoms with van der Waals surface area (Å²) in [6.45, 7) is 0.561. The van der Waals surface area contributed by atoms with Crippen molar-refractivity contribution in [1.82, 2.24) is 0 Å². The second kappa shape index (κ2) is 5.97. The molecule has 1 saturated carbocycles. The Morgan fingerprint density at radius 2 is 2.00 bits per heavy atom. The fraction of sp³-hybridized carbons (Fsp3) is 0.900. The Balaban J connectivity index is 2.01. The average Bonchev–Trinajstić information content (AvgIpc) is 2.19. The van der Waals surface area contributed by atoms with Crippen molar-refractivity contribution in [2.75, 3.05) is 13.2 Å². The zero-order valence-electron chi connectivity index (χ0n) is 8.13. The van der Waals surface area contributed by atoms with Crippen molar-refractivity contribution in [3.8, 4) is 0 Å². The van der Waals surface area contributed by atoms with Gasteiger partial charge in [0.1, 0.15) is 0 Å². The van der Waals surface area contributed by atoms with Crippen molar-refractivity contribution in [2.45, 2.75) is 38.5 Å². The third-order valence-electron chi connectivity index (χ3n) is 2.68. The smallest absolute Gasteiger partial charge is 0.319 e. The van der Waals surface area contributed by atoms with Gasteiger partial charge in [-0.25, -0.2) is 0 Å². The molecule has 1 aliphatic rings. The SMILES string of the molecule is NCC(=O)OCCC1CCCCC1. The van der Waals surface area contributed by atoms with Crippen molar-refractivity contribution in [3.63, 3.8) is 0 Å². The van der Waals surface area contributed by atoms with Crippen LogP contribution >= 0.6 is 0 Å². The lowest BCUT2D eigenvalue weighted by Crippen LogP contribution is -2.18. The molecule has 0 atom stereocenters. The molecule has 13 heavy (non-hydrogen) atoms. The minimum Gasteiger partial charge on any atom is -0.465 e. The van der Waals surface area contributed by atoms with Crippen LogP contribution in [0.3, 0.4) is 0 Å². The van der Waals surface area contributed by atoms with E-state index in [2.05, 4.69) is 0 Å². The second-order valence-electron chi connectivity index (χ2n) is 3.72. The average molecular weight is 185 g/mol. The molecule has 0 bridgehead atoms. The van der Waals surface area contributed by atoms with E-state index in [1.807, 2.05) is 0 Å². The summed E-state index contributed by atoms with van der Waals surface area (Å²) in [5.74, 6) is 0.495. The Morgan fingerprint density at radius 3 is 2.62 bits per heavy atom. The molecule has 1 rings (SSSR count). The second-order valence-corrected chi connectivity index (χ2v) is 3.72. The van der Waals surface area contributed by atoms with Gasteiger partial charge in [0.05, 0.1) is 13.2 Å². The van der Waals surface area contributed by atoms with Crippen molar-refractivity contribution < 1.29 is 9.53 Å². The zero-order chi connectivity index (χ0) is 9.52. The summed E-state index contributed by atoms with van der Waals surface area (Å²) >= 11 is 0. The molecule has 0 amide bonds. The van der Waals surface area contributed by atoms with Crippen LogP contribution in [0.1, 0.15) is 38.5 Å². The molecule has 1 aliphatic carbocycles. The van der Waals surface area contributed by atoms with E-state index in [4.69, 9.17) is 10.5 Å². The van der Waals surface area contributed by atoms with E-state index >= 15 is 0 Å². The van der Waals surface area contributed by atoms with Gasteiger partial charge in [0.2, 0.25) is 0 Å². The first-order valence-electron chi connectivity index (χ1n) is 5.18. The van der Waals surface area contributed by atoms with E-state index in [0.29, 0.717) is 6.61 Å². The number of rotatable bonds is 4. The molecular formula is C10H19NO2. The van der Waals surface area contributed by atoms with Gasteiger partial charge in [0.15, 0.2) is 0 Å². The van der Waals surface area contributed by atoms with E-state index in [1.54, 1.807) is 0 Å². The van der Waals surface area contributed by atoms with Crippen LogP contribution in [-0.2, 0) is 9.53 Å². The summed E-state index contributed by atoms with van der Waals surface area (Å²) in [6, 6.07) is 0. The number of esters is 1. The molecule has 3 nitrogen and oxygen atoms in total. The van der Waals surface area contributed by atoms with Gasteiger partial charge in [-0.05, 0) is 12.3 Å². The largest absolute Gasteiger partial charge is 0.465 e. The van der Waals surface area contributed by atoms with Gasteiger partial charge in [0.25, 0.3) is 0 Å². The third kappa shape index (κ3) is 4.27. The van der Waals surface area contributed by atoms with E-state index < -0.39 is 0 Å². The van der Waals surface area contributed by atoms with Crippen molar-refractivity contribution >= 4 is 5.97 Å². The highest BCUT2D eigenvalue weighted by Gasteiger charge is 2.13. The first-order valence-corrected chi connectivity index (χ1v) is 5.18. The predicted octanol–water partition coefficient (Wildman–Crippen LogP) is 1.46. The van der Waals surface area contributed by atoms with Crippen LogP contribution < -0.4 is 5.73 Å². The molecule has 76 valence electrons.